The van der Waals surface area contributed by atoms with Crippen LogP contribution >= 0.6 is 11.6 Å². The molecule has 0 atom stereocenters. The first-order valence-corrected chi connectivity index (χ1v) is 6.98. The molecule has 0 saturated heterocycles. The number of nitrogens with one attached hydrogen (secondary N) is 1. The number of amides is 1. The normalized spacial score (nSPS) is 10.1. The van der Waals surface area contributed by atoms with Gasteiger partial charge in [0.2, 0.25) is 0 Å². The van der Waals surface area contributed by atoms with Crippen molar-refractivity contribution in [2.75, 3.05) is 20.3 Å². The van der Waals surface area contributed by atoms with E-state index in [1.54, 1.807) is 31.4 Å². The fourth-order valence-electron chi connectivity index (χ4n) is 1.79. The molecule has 0 heterocycles. The lowest BCUT2D eigenvalue weighted by Gasteiger charge is -2.09. The first kappa shape index (κ1) is 16.1. The van der Waals surface area contributed by atoms with Gasteiger partial charge in [0.05, 0.1) is 19.2 Å². The minimum absolute atomic E-state index is 0.0502. The number of carbonyl (C=O) groups is 1. The van der Waals surface area contributed by atoms with Crippen LogP contribution in [0.25, 0.3) is 0 Å². The molecule has 0 spiro atoms. The summed E-state index contributed by atoms with van der Waals surface area (Å²) in [6.07, 6.45) is 0. The molecule has 1 amide bonds. The summed E-state index contributed by atoms with van der Waals surface area (Å²) in [5, 5.41) is 2.83. The fourth-order valence-corrected chi connectivity index (χ4v) is 1.95. The number of benzene rings is 2. The average Bonchev–Trinajstić information content (AvgIpc) is 2.51. The summed E-state index contributed by atoms with van der Waals surface area (Å²) in [6, 6.07) is 11.0. The maximum Gasteiger partial charge on any atom is 0.254 e. The summed E-state index contributed by atoms with van der Waals surface area (Å²) >= 11 is 5.64. The number of halogens is 2. The second-order valence-electron chi connectivity index (χ2n) is 4.41. The van der Waals surface area contributed by atoms with Crippen molar-refractivity contribution in [3.8, 4) is 11.5 Å². The van der Waals surface area contributed by atoms with E-state index in [1.165, 1.54) is 12.1 Å². The molecule has 4 nitrogen and oxygen atoms in total. The van der Waals surface area contributed by atoms with Gasteiger partial charge in [-0.2, -0.15) is 0 Å². The Balaban J connectivity index is 1.82. The van der Waals surface area contributed by atoms with Crippen molar-refractivity contribution in [2.24, 2.45) is 0 Å². The Hall–Kier alpha value is -2.27. The van der Waals surface area contributed by atoms with Gasteiger partial charge in [0.25, 0.3) is 5.91 Å². The molecule has 0 fully saturated rings. The quantitative estimate of drug-likeness (QED) is 0.830. The molecule has 116 valence electrons. The Kier molecular flexibility index (Phi) is 5.61. The molecule has 0 aromatic heterocycles. The summed E-state index contributed by atoms with van der Waals surface area (Å²) in [5.41, 5.74) is -0.0502. The van der Waals surface area contributed by atoms with Gasteiger partial charge in [-0.15, -0.1) is 0 Å². The van der Waals surface area contributed by atoms with E-state index in [-0.39, 0.29) is 23.7 Å². The molecule has 0 aliphatic carbocycles. The highest BCUT2D eigenvalue weighted by Gasteiger charge is 2.11. The smallest absolute Gasteiger partial charge is 0.254 e. The molecule has 0 saturated carbocycles. The van der Waals surface area contributed by atoms with Crippen LogP contribution in [0, 0.1) is 5.82 Å². The lowest BCUT2D eigenvalue weighted by molar-refractivity contribution is 0.0943. The van der Waals surface area contributed by atoms with E-state index in [2.05, 4.69) is 5.32 Å². The second kappa shape index (κ2) is 7.66. The number of hydrogen-bond donors (Lipinski definition) is 1. The van der Waals surface area contributed by atoms with E-state index >= 15 is 0 Å². The molecule has 0 bridgehead atoms. The van der Waals surface area contributed by atoms with Crippen molar-refractivity contribution in [1.29, 1.82) is 0 Å². The summed E-state index contributed by atoms with van der Waals surface area (Å²) in [5.74, 6) is 0.151. The Morgan fingerprint density at radius 1 is 1.23 bits per heavy atom. The van der Waals surface area contributed by atoms with Crippen molar-refractivity contribution in [3.05, 3.63) is 58.9 Å². The van der Waals surface area contributed by atoms with Crippen LogP contribution in [0.3, 0.4) is 0 Å². The molecule has 6 heteroatoms. The van der Waals surface area contributed by atoms with E-state index in [0.717, 1.165) is 6.07 Å². The predicted molar refractivity (Wildman–Crippen MR) is 82.2 cm³/mol. The highest BCUT2D eigenvalue weighted by Crippen LogP contribution is 2.18. The third kappa shape index (κ3) is 4.36. The van der Waals surface area contributed by atoms with E-state index in [0.29, 0.717) is 11.5 Å². The Bertz CT molecular complexity index is 664. The van der Waals surface area contributed by atoms with Gasteiger partial charge in [-0.1, -0.05) is 17.7 Å². The molecule has 0 aliphatic rings. The number of rotatable bonds is 6. The molecule has 2 aromatic rings. The fraction of sp³-hybridized carbons (Fsp3) is 0.188. The van der Waals surface area contributed by atoms with Crippen molar-refractivity contribution >= 4 is 17.5 Å². The van der Waals surface area contributed by atoms with Crippen LogP contribution in [0.2, 0.25) is 5.02 Å². The van der Waals surface area contributed by atoms with Gasteiger partial charge in [-0.05, 0) is 30.3 Å². The maximum absolute atomic E-state index is 13.6. The van der Waals surface area contributed by atoms with Crippen LogP contribution in [0.1, 0.15) is 10.4 Å². The molecule has 0 unspecified atom stereocenters. The Morgan fingerprint density at radius 2 is 2.00 bits per heavy atom. The first-order chi connectivity index (χ1) is 10.6. The summed E-state index contributed by atoms with van der Waals surface area (Å²) in [6.45, 7) is 0.506. The lowest BCUT2D eigenvalue weighted by Crippen LogP contribution is -2.28. The number of hydrogen-bond acceptors (Lipinski definition) is 3. The minimum atomic E-state index is -0.654. The molecule has 2 rings (SSSR count). The number of carbonyl (C=O) groups excluding carboxylic acids is 1. The molecular formula is C16H15ClFNO3. The molecule has 1 N–H and O–H groups in total. The Labute approximate surface area is 132 Å². The summed E-state index contributed by atoms with van der Waals surface area (Å²) in [4.78, 5) is 11.8. The minimum Gasteiger partial charge on any atom is -0.497 e. The predicted octanol–water partition coefficient (Wildman–Crippen LogP) is 3.30. The second-order valence-corrected chi connectivity index (χ2v) is 4.84. The highest BCUT2D eigenvalue weighted by molar-refractivity contribution is 6.30. The van der Waals surface area contributed by atoms with Crippen molar-refractivity contribution in [1.82, 2.24) is 5.32 Å². The average molecular weight is 324 g/mol. The highest BCUT2D eigenvalue weighted by atomic mass is 35.5. The zero-order valence-corrected chi connectivity index (χ0v) is 12.7. The monoisotopic (exact) mass is 323 g/mol. The summed E-state index contributed by atoms with van der Waals surface area (Å²) in [7, 11) is 1.57. The van der Waals surface area contributed by atoms with Crippen LogP contribution in [-0.4, -0.2) is 26.2 Å². The van der Waals surface area contributed by atoms with Gasteiger partial charge < -0.3 is 14.8 Å². The maximum atomic E-state index is 13.6. The van der Waals surface area contributed by atoms with Crippen molar-refractivity contribution in [2.45, 2.75) is 0 Å². The van der Waals surface area contributed by atoms with Crippen LogP contribution in [0.15, 0.2) is 42.5 Å². The van der Waals surface area contributed by atoms with Crippen LogP contribution in [0.5, 0.6) is 11.5 Å². The summed E-state index contributed by atoms with van der Waals surface area (Å²) < 4.78 is 24.1. The SMILES string of the molecule is COc1cccc(OCCNC(=O)c2ccc(Cl)cc2F)c1. The molecular weight excluding hydrogens is 309 g/mol. The molecule has 2 aromatic carbocycles. The van der Waals surface area contributed by atoms with E-state index in [9.17, 15) is 9.18 Å². The molecule has 0 radical (unpaired) electrons. The van der Waals surface area contributed by atoms with Gasteiger partial charge >= 0.3 is 0 Å². The molecule has 22 heavy (non-hydrogen) atoms. The van der Waals surface area contributed by atoms with Gasteiger partial charge in [-0.3, -0.25) is 4.79 Å². The van der Waals surface area contributed by atoms with Gasteiger partial charge in [0.15, 0.2) is 0 Å². The largest absolute Gasteiger partial charge is 0.497 e. The first-order valence-electron chi connectivity index (χ1n) is 6.60. The van der Waals surface area contributed by atoms with E-state index in [4.69, 9.17) is 21.1 Å². The standard InChI is InChI=1S/C16H15ClFNO3/c1-21-12-3-2-4-13(10-12)22-8-7-19-16(20)14-6-5-11(17)9-15(14)18/h2-6,9-10H,7-8H2,1H3,(H,19,20). The third-order valence-corrected chi connectivity index (χ3v) is 3.11. The van der Waals surface area contributed by atoms with E-state index < -0.39 is 11.7 Å². The van der Waals surface area contributed by atoms with Crippen molar-refractivity contribution in [3.63, 3.8) is 0 Å². The van der Waals surface area contributed by atoms with Gasteiger partial charge in [-0.25, -0.2) is 4.39 Å². The van der Waals surface area contributed by atoms with Crippen molar-refractivity contribution < 1.29 is 18.7 Å². The zero-order chi connectivity index (χ0) is 15.9. The zero-order valence-electron chi connectivity index (χ0n) is 11.9. The number of methoxy groups -OCH3 is 1. The topological polar surface area (TPSA) is 47.6 Å². The van der Waals surface area contributed by atoms with Crippen LogP contribution < -0.4 is 14.8 Å². The van der Waals surface area contributed by atoms with Crippen LogP contribution in [0.4, 0.5) is 4.39 Å². The Morgan fingerprint density at radius 3 is 2.73 bits per heavy atom. The van der Waals surface area contributed by atoms with Gasteiger partial charge in [0, 0.05) is 11.1 Å². The van der Waals surface area contributed by atoms with E-state index in [1.807, 2.05) is 0 Å². The van der Waals surface area contributed by atoms with Crippen LogP contribution in [-0.2, 0) is 0 Å². The van der Waals surface area contributed by atoms with Gasteiger partial charge in [0.1, 0.15) is 23.9 Å². The molecule has 0 aliphatic heterocycles. The lowest BCUT2D eigenvalue weighted by atomic mass is 10.2. The third-order valence-electron chi connectivity index (χ3n) is 2.87. The number of ether oxygens (including phenoxy) is 2.